The van der Waals surface area contributed by atoms with Gasteiger partial charge in [0.05, 0.1) is 22.4 Å². The summed E-state index contributed by atoms with van der Waals surface area (Å²) in [7, 11) is 0. The lowest BCUT2D eigenvalue weighted by Crippen LogP contribution is -2.04. The van der Waals surface area contributed by atoms with Gasteiger partial charge in [0.15, 0.2) is 5.82 Å². The highest BCUT2D eigenvalue weighted by Gasteiger charge is 2.30. The van der Waals surface area contributed by atoms with E-state index in [1.54, 1.807) is 0 Å². The van der Waals surface area contributed by atoms with E-state index in [9.17, 15) is 0 Å². The third-order valence-corrected chi connectivity index (χ3v) is 11.3. The molecule has 0 unspecified atom stereocenters. The predicted octanol–water partition coefficient (Wildman–Crippen LogP) is 13.4. The summed E-state index contributed by atoms with van der Waals surface area (Å²) in [6.45, 7) is 0. The second kappa shape index (κ2) is 13.2. The standard InChI is InChI=1S/C53H35N3/c1-3-17-35(18-4-1)40-21-7-10-24-43(40)49-34-48(54-53(55-49)36-19-5-2-6-20-36)37-31-38(52-46-27-11-8-22-41(46)42-23-9-12-28-47(42)52)33-39(32-37)56-50-29-15-13-25-44(50)45-26-14-16-30-51(45)56/h1-34,52H. The highest BCUT2D eigenvalue weighted by molar-refractivity contribution is 6.09. The van der Waals surface area contributed by atoms with Gasteiger partial charge in [-0.15, -0.1) is 0 Å². The van der Waals surface area contributed by atoms with Crippen molar-refractivity contribution in [3.8, 4) is 61.8 Å². The van der Waals surface area contributed by atoms with Crippen LogP contribution in [0.4, 0.5) is 0 Å². The van der Waals surface area contributed by atoms with Crippen LogP contribution in [0.2, 0.25) is 0 Å². The zero-order valence-corrected chi connectivity index (χ0v) is 30.5. The maximum absolute atomic E-state index is 5.38. The minimum absolute atomic E-state index is 0.0582. The van der Waals surface area contributed by atoms with Crippen LogP contribution >= 0.6 is 0 Å². The summed E-state index contributed by atoms with van der Waals surface area (Å²) < 4.78 is 2.43. The van der Waals surface area contributed by atoms with Crippen LogP contribution in [0.15, 0.2) is 206 Å². The van der Waals surface area contributed by atoms with Crippen LogP contribution in [0.3, 0.4) is 0 Å². The number of hydrogen-bond donors (Lipinski definition) is 0. The third-order valence-electron chi connectivity index (χ3n) is 11.3. The van der Waals surface area contributed by atoms with Crippen LogP contribution in [-0.2, 0) is 0 Å². The summed E-state index contributed by atoms with van der Waals surface area (Å²) in [5.41, 5.74) is 17.0. The van der Waals surface area contributed by atoms with Gasteiger partial charge in [0, 0.05) is 39.1 Å². The normalized spacial score (nSPS) is 12.2. The Morgan fingerprint density at radius 2 is 0.857 bits per heavy atom. The van der Waals surface area contributed by atoms with E-state index in [1.165, 1.54) is 49.6 Å². The summed E-state index contributed by atoms with van der Waals surface area (Å²) in [5.74, 6) is 0.754. The molecule has 262 valence electrons. The van der Waals surface area contributed by atoms with Gasteiger partial charge < -0.3 is 4.57 Å². The number of nitrogens with zero attached hydrogens (tertiary/aromatic N) is 3. The van der Waals surface area contributed by atoms with Crippen LogP contribution in [0.25, 0.3) is 83.6 Å². The summed E-state index contributed by atoms with van der Waals surface area (Å²) in [5, 5.41) is 2.47. The molecule has 0 atom stereocenters. The number of aromatic nitrogens is 3. The van der Waals surface area contributed by atoms with Crippen molar-refractivity contribution in [3.05, 3.63) is 223 Å². The molecule has 0 spiro atoms. The monoisotopic (exact) mass is 713 g/mol. The first-order valence-corrected chi connectivity index (χ1v) is 19.2. The fourth-order valence-corrected chi connectivity index (χ4v) is 8.82. The molecule has 11 rings (SSSR count). The maximum atomic E-state index is 5.38. The van der Waals surface area contributed by atoms with Crippen molar-refractivity contribution in [1.29, 1.82) is 0 Å². The quantitative estimate of drug-likeness (QED) is 0.172. The SMILES string of the molecule is c1ccc(-c2nc(-c3cc(C4c5ccccc5-c5ccccc54)cc(-n4c5ccccc5c5ccccc54)c3)cc(-c3ccccc3-c3ccccc3)n2)cc1. The number of hydrogen-bond acceptors (Lipinski definition) is 2. The molecule has 3 nitrogen and oxygen atoms in total. The average molecular weight is 714 g/mol. The number of benzene rings is 8. The fraction of sp³-hybridized carbons (Fsp3) is 0.0189. The van der Waals surface area contributed by atoms with Gasteiger partial charge in [-0.25, -0.2) is 9.97 Å². The molecule has 56 heavy (non-hydrogen) atoms. The van der Waals surface area contributed by atoms with Crippen LogP contribution in [0, 0.1) is 0 Å². The molecule has 1 aliphatic carbocycles. The Hall–Kier alpha value is -7.36. The molecule has 2 aromatic heterocycles. The Labute approximate surface area is 325 Å². The molecular weight excluding hydrogens is 679 g/mol. The Morgan fingerprint density at radius 3 is 1.50 bits per heavy atom. The first kappa shape index (κ1) is 32.1. The molecule has 0 radical (unpaired) electrons. The Balaban J connectivity index is 1.20. The summed E-state index contributed by atoms with van der Waals surface area (Å²) in [6, 6.07) is 74.0. The van der Waals surface area contributed by atoms with Gasteiger partial charge in [0.2, 0.25) is 0 Å². The van der Waals surface area contributed by atoms with Crippen molar-refractivity contribution in [3.63, 3.8) is 0 Å². The highest BCUT2D eigenvalue weighted by Crippen LogP contribution is 2.49. The molecule has 0 fully saturated rings. The molecule has 1 aliphatic rings. The van der Waals surface area contributed by atoms with E-state index in [0.29, 0.717) is 5.82 Å². The number of fused-ring (bicyclic) bond motifs is 6. The van der Waals surface area contributed by atoms with E-state index < -0.39 is 0 Å². The number of para-hydroxylation sites is 2. The van der Waals surface area contributed by atoms with Crippen molar-refractivity contribution in [2.24, 2.45) is 0 Å². The Kier molecular flexibility index (Phi) is 7.56. The van der Waals surface area contributed by atoms with E-state index in [2.05, 4.69) is 205 Å². The van der Waals surface area contributed by atoms with Gasteiger partial charge >= 0.3 is 0 Å². The molecule has 3 heteroatoms. The molecule has 2 heterocycles. The molecule has 0 N–H and O–H groups in total. The predicted molar refractivity (Wildman–Crippen MR) is 231 cm³/mol. The van der Waals surface area contributed by atoms with Gasteiger partial charge in [-0.2, -0.15) is 0 Å². The second-order valence-electron chi connectivity index (χ2n) is 14.5. The Morgan fingerprint density at radius 1 is 0.357 bits per heavy atom. The van der Waals surface area contributed by atoms with Gasteiger partial charge in [0.25, 0.3) is 0 Å². The van der Waals surface area contributed by atoms with E-state index >= 15 is 0 Å². The van der Waals surface area contributed by atoms with Crippen molar-refractivity contribution >= 4 is 21.8 Å². The largest absolute Gasteiger partial charge is 0.309 e. The number of rotatable bonds is 6. The van der Waals surface area contributed by atoms with E-state index in [1.807, 2.05) is 6.07 Å². The highest BCUT2D eigenvalue weighted by atomic mass is 15.0. The molecular formula is C53H35N3. The summed E-state index contributed by atoms with van der Waals surface area (Å²) >= 11 is 0. The van der Waals surface area contributed by atoms with Crippen molar-refractivity contribution < 1.29 is 0 Å². The van der Waals surface area contributed by atoms with Crippen LogP contribution in [-0.4, -0.2) is 14.5 Å². The smallest absolute Gasteiger partial charge is 0.160 e. The van der Waals surface area contributed by atoms with Crippen molar-refractivity contribution in [1.82, 2.24) is 14.5 Å². The van der Waals surface area contributed by atoms with Gasteiger partial charge in [-0.05, 0) is 75.3 Å². The topological polar surface area (TPSA) is 30.7 Å². The molecule has 0 saturated heterocycles. The third kappa shape index (κ3) is 5.28. The minimum atomic E-state index is 0.0582. The minimum Gasteiger partial charge on any atom is -0.309 e. The summed E-state index contributed by atoms with van der Waals surface area (Å²) in [4.78, 5) is 10.7. The van der Waals surface area contributed by atoms with Gasteiger partial charge in [-0.1, -0.05) is 170 Å². The van der Waals surface area contributed by atoms with Crippen molar-refractivity contribution in [2.75, 3.05) is 0 Å². The zero-order chi connectivity index (χ0) is 37.0. The summed E-state index contributed by atoms with van der Waals surface area (Å²) in [6.07, 6.45) is 0. The lowest BCUT2D eigenvalue weighted by atomic mass is 9.87. The van der Waals surface area contributed by atoms with E-state index in [-0.39, 0.29) is 5.92 Å². The van der Waals surface area contributed by atoms with E-state index in [4.69, 9.17) is 9.97 Å². The molecule has 10 aromatic rings. The van der Waals surface area contributed by atoms with E-state index in [0.717, 1.165) is 44.9 Å². The molecule has 0 amide bonds. The zero-order valence-electron chi connectivity index (χ0n) is 30.5. The lowest BCUT2D eigenvalue weighted by molar-refractivity contribution is 1.01. The van der Waals surface area contributed by atoms with Crippen LogP contribution < -0.4 is 0 Å². The molecule has 8 aromatic carbocycles. The maximum Gasteiger partial charge on any atom is 0.160 e. The first-order chi connectivity index (χ1) is 27.8. The molecule has 0 saturated carbocycles. The Bertz CT molecular complexity index is 2990. The van der Waals surface area contributed by atoms with Gasteiger partial charge in [0.1, 0.15) is 0 Å². The lowest BCUT2D eigenvalue weighted by Gasteiger charge is -2.19. The van der Waals surface area contributed by atoms with Gasteiger partial charge in [-0.3, -0.25) is 0 Å². The van der Waals surface area contributed by atoms with Crippen molar-refractivity contribution in [2.45, 2.75) is 5.92 Å². The molecule has 0 bridgehead atoms. The van der Waals surface area contributed by atoms with Crippen LogP contribution in [0.5, 0.6) is 0 Å². The molecule has 0 aliphatic heterocycles. The first-order valence-electron chi connectivity index (χ1n) is 19.2. The average Bonchev–Trinajstić information content (AvgIpc) is 3.80. The van der Waals surface area contributed by atoms with Crippen LogP contribution in [0.1, 0.15) is 22.6 Å². The second-order valence-corrected chi connectivity index (χ2v) is 14.5. The fourth-order valence-electron chi connectivity index (χ4n) is 8.82.